The quantitative estimate of drug-likeness (QED) is 0.486. The van der Waals surface area contributed by atoms with E-state index in [1.807, 2.05) is 28.6 Å². The van der Waals surface area contributed by atoms with E-state index in [9.17, 15) is 4.79 Å². The lowest BCUT2D eigenvalue weighted by Gasteiger charge is -2.22. The molecule has 1 atom stereocenters. The van der Waals surface area contributed by atoms with Gasteiger partial charge in [0.15, 0.2) is 0 Å². The predicted octanol–water partition coefficient (Wildman–Crippen LogP) is 4.09. The van der Waals surface area contributed by atoms with Gasteiger partial charge in [0.1, 0.15) is 5.01 Å². The predicted molar refractivity (Wildman–Crippen MR) is 114 cm³/mol. The largest absolute Gasteiger partial charge is 0.425 e. The Morgan fingerprint density at radius 2 is 2.07 bits per heavy atom. The van der Waals surface area contributed by atoms with Crippen molar-refractivity contribution in [3.05, 3.63) is 64.4 Å². The van der Waals surface area contributed by atoms with Crippen molar-refractivity contribution in [1.29, 1.82) is 0 Å². The summed E-state index contributed by atoms with van der Waals surface area (Å²) in [7, 11) is 0. The Hall–Kier alpha value is -3.00. The van der Waals surface area contributed by atoms with Crippen LogP contribution in [0.5, 0.6) is 0 Å². The molecule has 1 N–H and O–H groups in total. The number of rotatable bonds is 7. The number of nitrogens with one attached hydrogen (secondary N) is 1. The fourth-order valence-electron chi connectivity index (χ4n) is 4.15. The van der Waals surface area contributed by atoms with E-state index in [0.717, 1.165) is 36.3 Å². The van der Waals surface area contributed by atoms with E-state index >= 15 is 0 Å². The summed E-state index contributed by atoms with van der Waals surface area (Å²) in [6, 6.07) is 8.37. The number of aromatic amines is 1. The number of likely N-dealkylation sites (tertiary alicyclic amines) is 1. The highest BCUT2D eigenvalue weighted by Crippen LogP contribution is 2.33. The summed E-state index contributed by atoms with van der Waals surface area (Å²) < 4.78 is 5.79. The van der Waals surface area contributed by atoms with E-state index < -0.39 is 0 Å². The molecule has 4 heterocycles. The number of nitrogens with zero attached hydrogens (tertiary/aromatic N) is 4. The summed E-state index contributed by atoms with van der Waals surface area (Å²) in [5.41, 5.74) is 2.37. The third kappa shape index (κ3) is 3.87. The van der Waals surface area contributed by atoms with Gasteiger partial charge in [-0.3, -0.25) is 4.79 Å². The molecular formula is C22H23N5O2S. The van der Waals surface area contributed by atoms with Gasteiger partial charge in [-0.2, -0.15) is 0 Å². The van der Waals surface area contributed by atoms with Crippen molar-refractivity contribution in [3.8, 4) is 0 Å². The van der Waals surface area contributed by atoms with Gasteiger partial charge in [-0.25, -0.2) is 4.98 Å². The van der Waals surface area contributed by atoms with Crippen LogP contribution in [0.1, 0.15) is 47.7 Å². The second kappa shape index (κ2) is 8.39. The molecule has 5 rings (SSSR count). The lowest BCUT2D eigenvalue weighted by atomic mass is 10.1. The first kappa shape index (κ1) is 19.0. The molecular weight excluding hydrogens is 398 g/mol. The molecule has 0 saturated carbocycles. The summed E-state index contributed by atoms with van der Waals surface area (Å²) in [6.45, 7) is 0.794. The maximum atomic E-state index is 12.7. The topological polar surface area (TPSA) is 87.9 Å². The Balaban J connectivity index is 1.16. The average Bonchev–Trinajstić information content (AvgIpc) is 3.56. The van der Waals surface area contributed by atoms with Crippen LogP contribution in [0.15, 0.2) is 46.5 Å². The molecule has 0 radical (unpaired) electrons. The first-order chi connectivity index (χ1) is 14.8. The zero-order chi connectivity index (χ0) is 20.3. The van der Waals surface area contributed by atoms with Crippen LogP contribution in [-0.4, -0.2) is 37.5 Å². The minimum atomic E-state index is 0.118. The van der Waals surface area contributed by atoms with Crippen LogP contribution >= 0.6 is 11.3 Å². The zero-order valence-corrected chi connectivity index (χ0v) is 17.4. The minimum Gasteiger partial charge on any atom is -0.425 e. The van der Waals surface area contributed by atoms with Crippen LogP contribution in [-0.2, 0) is 24.1 Å². The van der Waals surface area contributed by atoms with Crippen molar-refractivity contribution in [3.63, 3.8) is 0 Å². The van der Waals surface area contributed by atoms with Crippen molar-refractivity contribution < 1.29 is 9.21 Å². The number of hydrogen-bond acceptors (Lipinski definition) is 6. The molecule has 3 aromatic heterocycles. The smallest absolute Gasteiger partial charge is 0.223 e. The molecule has 7 nitrogen and oxygen atoms in total. The molecule has 30 heavy (non-hydrogen) atoms. The van der Waals surface area contributed by atoms with Crippen molar-refractivity contribution in [2.45, 2.75) is 44.6 Å². The molecule has 4 aromatic rings. The first-order valence-electron chi connectivity index (χ1n) is 10.3. The lowest BCUT2D eigenvalue weighted by Crippen LogP contribution is -2.30. The second-order valence-corrected chi connectivity index (χ2v) is 8.49. The number of carbonyl (C=O) groups is 1. The summed E-state index contributed by atoms with van der Waals surface area (Å²) in [6.07, 6.45) is 8.21. The van der Waals surface area contributed by atoms with E-state index in [1.165, 1.54) is 10.9 Å². The number of amides is 1. The van der Waals surface area contributed by atoms with E-state index in [-0.39, 0.29) is 11.9 Å². The summed E-state index contributed by atoms with van der Waals surface area (Å²) >= 11 is 1.62. The number of fused-ring (bicyclic) bond motifs is 1. The van der Waals surface area contributed by atoms with Gasteiger partial charge in [-0.05, 0) is 30.9 Å². The number of hydrogen-bond donors (Lipinski definition) is 1. The lowest BCUT2D eigenvalue weighted by molar-refractivity contribution is -0.132. The third-order valence-electron chi connectivity index (χ3n) is 5.65. The molecule has 1 saturated heterocycles. The number of aromatic nitrogens is 4. The Labute approximate surface area is 178 Å². The van der Waals surface area contributed by atoms with E-state index in [1.54, 1.807) is 17.5 Å². The van der Waals surface area contributed by atoms with Gasteiger partial charge in [-0.15, -0.1) is 21.5 Å². The van der Waals surface area contributed by atoms with Crippen LogP contribution in [0.25, 0.3) is 10.9 Å². The van der Waals surface area contributed by atoms with Crippen LogP contribution in [0.4, 0.5) is 0 Å². The van der Waals surface area contributed by atoms with Crippen molar-refractivity contribution in [1.82, 2.24) is 25.1 Å². The Bertz CT molecular complexity index is 1130. The highest BCUT2D eigenvalue weighted by Gasteiger charge is 2.31. The number of aryl methyl sites for hydroxylation is 3. The Morgan fingerprint density at radius 3 is 2.93 bits per heavy atom. The van der Waals surface area contributed by atoms with E-state index in [0.29, 0.717) is 31.0 Å². The first-order valence-corrected chi connectivity index (χ1v) is 11.2. The molecule has 0 spiro atoms. The number of para-hydroxylation sites is 1. The molecule has 0 aliphatic carbocycles. The molecule has 1 aliphatic rings. The normalized spacial score (nSPS) is 16.5. The maximum Gasteiger partial charge on any atom is 0.223 e. The fraction of sp³-hybridized carbons (Fsp3) is 0.364. The van der Waals surface area contributed by atoms with Crippen LogP contribution < -0.4 is 0 Å². The van der Waals surface area contributed by atoms with E-state index in [4.69, 9.17) is 4.42 Å². The molecule has 0 bridgehead atoms. The minimum absolute atomic E-state index is 0.118. The van der Waals surface area contributed by atoms with Crippen LogP contribution in [0.2, 0.25) is 0 Å². The monoisotopic (exact) mass is 421 g/mol. The summed E-state index contributed by atoms with van der Waals surface area (Å²) in [5.74, 6) is 1.28. The van der Waals surface area contributed by atoms with Gasteiger partial charge in [0.25, 0.3) is 0 Å². The number of carbonyl (C=O) groups excluding carboxylic acids is 1. The van der Waals surface area contributed by atoms with E-state index in [2.05, 4.69) is 32.3 Å². The Morgan fingerprint density at radius 1 is 1.20 bits per heavy atom. The summed E-state index contributed by atoms with van der Waals surface area (Å²) in [5, 5.41) is 12.5. The zero-order valence-electron chi connectivity index (χ0n) is 16.6. The fourth-order valence-corrected chi connectivity index (χ4v) is 4.93. The van der Waals surface area contributed by atoms with Gasteiger partial charge >= 0.3 is 0 Å². The van der Waals surface area contributed by atoms with Gasteiger partial charge in [-0.1, -0.05) is 18.2 Å². The number of H-pyrrole nitrogens is 1. The third-order valence-corrected chi connectivity index (χ3v) is 6.53. The highest BCUT2D eigenvalue weighted by atomic mass is 32.1. The van der Waals surface area contributed by atoms with Crippen molar-refractivity contribution in [2.24, 2.45) is 0 Å². The van der Waals surface area contributed by atoms with Gasteiger partial charge in [0.2, 0.25) is 17.7 Å². The molecule has 154 valence electrons. The van der Waals surface area contributed by atoms with Gasteiger partial charge in [0.05, 0.1) is 6.04 Å². The summed E-state index contributed by atoms with van der Waals surface area (Å²) in [4.78, 5) is 22.4. The molecule has 1 aromatic carbocycles. The van der Waals surface area contributed by atoms with Crippen LogP contribution in [0.3, 0.4) is 0 Å². The Kier molecular flexibility index (Phi) is 5.31. The number of thiazole rings is 1. The average molecular weight is 422 g/mol. The van der Waals surface area contributed by atoms with Crippen molar-refractivity contribution >= 4 is 28.1 Å². The second-order valence-electron chi connectivity index (χ2n) is 7.56. The van der Waals surface area contributed by atoms with Gasteiger partial charge < -0.3 is 14.3 Å². The molecule has 0 unspecified atom stereocenters. The standard InChI is InChI=1S/C22H23N5O2S/c28-21(27-12-3-6-18(27)22-23-11-13-30-22)10-9-20-26-25-19(29-20)8-7-15-14-24-17-5-2-1-4-16(15)17/h1-2,4-5,11,13-14,18,24H,3,6-10,12H2/t18-/m0/s1. The SMILES string of the molecule is O=C(CCc1nnc(CCc2c[nH]c3ccccc23)o1)N1CCC[C@H]1c1nccs1. The molecule has 1 amide bonds. The van der Waals surface area contributed by atoms with Crippen molar-refractivity contribution in [2.75, 3.05) is 6.54 Å². The molecule has 1 aliphatic heterocycles. The molecule has 8 heteroatoms. The number of benzene rings is 1. The molecule has 1 fully saturated rings. The van der Waals surface area contributed by atoms with Crippen LogP contribution in [0, 0.1) is 0 Å². The maximum absolute atomic E-state index is 12.7. The highest BCUT2D eigenvalue weighted by molar-refractivity contribution is 7.09. The van der Waals surface area contributed by atoms with Gasteiger partial charge in [0, 0.05) is 54.5 Å².